The number of aromatic nitrogens is 3. The zero-order chi connectivity index (χ0) is 15.2. The highest BCUT2D eigenvalue weighted by Gasteiger charge is 2.25. The summed E-state index contributed by atoms with van der Waals surface area (Å²) in [5.41, 5.74) is -0.711. The first-order valence-corrected chi connectivity index (χ1v) is 6.12. The molecule has 0 fully saturated rings. The molecule has 0 spiro atoms. The van der Waals surface area contributed by atoms with Gasteiger partial charge < -0.3 is 4.57 Å². The van der Waals surface area contributed by atoms with Gasteiger partial charge in [-0.15, -0.1) is 0 Å². The van der Waals surface area contributed by atoms with Gasteiger partial charge in [-0.05, 0) is 0 Å². The minimum Gasteiger partial charge on any atom is -0.337 e. The molecule has 10 heteroatoms. The fourth-order valence-corrected chi connectivity index (χ4v) is 1.76. The molecule has 0 saturated carbocycles. The first-order valence-electron chi connectivity index (χ1n) is 6.12. The third-order valence-electron chi connectivity index (χ3n) is 2.77. The number of rotatable bonds is 7. The second-order valence-electron chi connectivity index (χ2n) is 4.21. The molecule has 2 rings (SSSR count). The molecular formula is C11H13N6O4+. The number of pyridine rings is 1. The van der Waals surface area contributed by atoms with Gasteiger partial charge in [0.25, 0.3) is 0 Å². The van der Waals surface area contributed by atoms with Crippen LogP contribution in [0.2, 0.25) is 0 Å². The first kappa shape index (κ1) is 14.4. The zero-order valence-electron chi connectivity index (χ0n) is 10.9. The highest BCUT2D eigenvalue weighted by molar-refractivity contribution is 5.55. The van der Waals surface area contributed by atoms with Gasteiger partial charge in [-0.25, -0.2) is 9.97 Å². The van der Waals surface area contributed by atoms with Crippen molar-refractivity contribution in [3.05, 3.63) is 51.2 Å². The maximum Gasteiger partial charge on any atom is 0.364 e. The number of aryl methyl sites for hydroxylation is 1. The van der Waals surface area contributed by atoms with Gasteiger partial charge in [0, 0.05) is 25.4 Å². The van der Waals surface area contributed by atoms with Gasteiger partial charge in [0.1, 0.15) is 6.07 Å². The molecule has 0 aliphatic carbocycles. The summed E-state index contributed by atoms with van der Waals surface area (Å²) < 4.78 is 1.88. The van der Waals surface area contributed by atoms with Crippen LogP contribution in [0.5, 0.6) is 0 Å². The number of hydrogen-bond acceptors (Lipinski definition) is 6. The van der Waals surface area contributed by atoms with Crippen LogP contribution < -0.4 is 10.3 Å². The molecule has 2 aromatic rings. The Morgan fingerprint density at radius 2 is 2.14 bits per heavy atom. The standard InChI is InChI=1S/C11H12N6O4/c18-16(19)9-6-10(17(20)21)11(14-7-9)13-2-1-4-15-5-3-12-8-15/h3,5-8H,1-2,4H2,(H,13,14)/p+1. The van der Waals surface area contributed by atoms with Gasteiger partial charge in [0.2, 0.25) is 0 Å². The molecular weight excluding hydrogens is 280 g/mol. The summed E-state index contributed by atoms with van der Waals surface area (Å²) in [5, 5.41) is 24.4. The number of imidazole rings is 1. The molecule has 2 aromatic heterocycles. The van der Waals surface area contributed by atoms with E-state index < -0.39 is 9.85 Å². The van der Waals surface area contributed by atoms with E-state index >= 15 is 0 Å². The molecule has 110 valence electrons. The maximum absolute atomic E-state index is 10.9. The minimum absolute atomic E-state index is 0.149. The Labute approximate surface area is 118 Å². The predicted molar refractivity (Wildman–Crippen MR) is 71.6 cm³/mol. The summed E-state index contributed by atoms with van der Waals surface area (Å²) in [6, 6.07) is 0.925. The lowest BCUT2D eigenvalue weighted by Gasteiger charge is -2.01. The van der Waals surface area contributed by atoms with Crippen LogP contribution in [0.15, 0.2) is 31.0 Å². The monoisotopic (exact) mass is 293 g/mol. The third-order valence-corrected chi connectivity index (χ3v) is 2.77. The Morgan fingerprint density at radius 1 is 1.33 bits per heavy atom. The quantitative estimate of drug-likeness (QED) is 0.460. The van der Waals surface area contributed by atoms with Gasteiger partial charge in [0.05, 0.1) is 22.7 Å². The van der Waals surface area contributed by atoms with E-state index in [1.165, 1.54) is 0 Å². The third kappa shape index (κ3) is 3.72. The Hall–Kier alpha value is -3.04. The van der Waals surface area contributed by atoms with Crippen molar-refractivity contribution in [1.82, 2.24) is 9.55 Å². The van der Waals surface area contributed by atoms with Gasteiger partial charge in [-0.2, -0.15) is 0 Å². The van der Waals surface area contributed by atoms with E-state index in [0.717, 1.165) is 18.7 Å². The van der Waals surface area contributed by atoms with Crippen molar-refractivity contribution in [1.29, 1.82) is 0 Å². The Balaban J connectivity index is 1.98. The average molecular weight is 293 g/mol. The van der Waals surface area contributed by atoms with Crippen LogP contribution in [0.1, 0.15) is 6.42 Å². The van der Waals surface area contributed by atoms with Gasteiger partial charge in [-0.3, -0.25) is 25.5 Å². The van der Waals surface area contributed by atoms with E-state index in [1.54, 1.807) is 12.5 Å². The number of anilines is 1. The molecule has 21 heavy (non-hydrogen) atoms. The number of aromatic amines is 1. The second-order valence-corrected chi connectivity index (χ2v) is 4.21. The fourth-order valence-electron chi connectivity index (χ4n) is 1.76. The van der Waals surface area contributed by atoms with Crippen molar-refractivity contribution in [2.24, 2.45) is 0 Å². The first-order chi connectivity index (χ1) is 10.1. The van der Waals surface area contributed by atoms with E-state index in [4.69, 9.17) is 0 Å². The highest BCUT2D eigenvalue weighted by Crippen LogP contribution is 2.23. The second kappa shape index (κ2) is 6.41. The van der Waals surface area contributed by atoms with Gasteiger partial charge in [-0.1, -0.05) is 0 Å². The molecule has 0 aliphatic heterocycles. The lowest BCUT2D eigenvalue weighted by Crippen LogP contribution is -2.17. The van der Waals surface area contributed by atoms with Crippen LogP contribution in [0, 0.1) is 20.2 Å². The van der Waals surface area contributed by atoms with E-state index in [2.05, 4.69) is 15.3 Å². The molecule has 0 amide bonds. The minimum atomic E-state index is -0.688. The highest BCUT2D eigenvalue weighted by atomic mass is 16.6. The normalized spacial score (nSPS) is 10.3. The number of nitrogens with one attached hydrogen (secondary N) is 2. The maximum atomic E-state index is 10.9. The predicted octanol–water partition coefficient (Wildman–Crippen LogP) is 1.02. The summed E-state index contributed by atoms with van der Waals surface area (Å²) >= 11 is 0. The molecule has 0 unspecified atom stereocenters. The van der Waals surface area contributed by atoms with Crippen LogP contribution in [-0.4, -0.2) is 25.9 Å². The van der Waals surface area contributed by atoms with Crippen LogP contribution in [0.3, 0.4) is 0 Å². The Kier molecular flexibility index (Phi) is 4.39. The van der Waals surface area contributed by atoms with Crippen molar-refractivity contribution in [3.63, 3.8) is 0 Å². The van der Waals surface area contributed by atoms with Crippen LogP contribution in [0.25, 0.3) is 0 Å². The molecule has 0 bridgehead atoms. The molecule has 10 nitrogen and oxygen atoms in total. The SMILES string of the molecule is O=[N+]([O-])c1c[nH+]c(NCCCn2ccnc2)c([N+](=O)[O-])c1. The smallest absolute Gasteiger partial charge is 0.337 e. The van der Waals surface area contributed by atoms with Crippen molar-refractivity contribution in [3.8, 4) is 0 Å². The van der Waals surface area contributed by atoms with Crippen LogP contribution in [0.4, 0.5) is 17.2 Å². The molecule has 0 radical (unpaired) electrons. The van der Waals surface area contributed by atoms with E-state index in [9.17, 15) is 20.2 Å². The summed E-state index contributed by atoms with van der Waals surface area (Å²) in [4.78, 5) is 26.6. The zero-order valence-corrected chi connectivity index (χ0v) is 10.9. The van der Waals surface area contributed by atoms with Gasteiger partial charge in [0.15, 0.2) is 6.20 Å². The molecule has 0 aromatic carbocycles. The fraction of sp³-hybridized carbons (Fsp3) is 0.273. The van der Waals surface area contributed by atoms with Crippen molar-refractivity contribution >= 4 is 17.2 Å². The van der Waals surface area contributed by atoms with Crippen molar-refractivity contribution in [2.75, 3.05) is 11.9 Å². The number of H-pyrrole nitrogens is 1. The summed E-state index contributed by atoms with van der Waals surface area (Å²) in [6.07, 6.45) is 7.01. The topological polar surface area (TPSA) is 130 Å². The average Bonchev–Trinajstić information content (AvgIpc) is 2.96. The number of nitro groups is 2. The van der Waals surface area contributed by atoms with Gasteiger partial charge >= 0.3 is 17.2 Å². The molecule has 0 saturated heterocycles. The van der Waals surface area contributed by atoms with Crippen LogP contribution >= 0.6 is 0 Å². The largest absolute Gasteiger partial charge is 0.364 e. The van der Waals surface area contributed by atoms with E-state index in [0.29, 0.717) is 13.1 Å². The van der Waals surface area contributed by atoms with E-state index in [-0.39, 0.29) is 17.2 Å². The lowest BCUT2D eigenvalue weighted by molar-refractivity contribution is -0.430. The molecule has 2 N–H and O–H groups in total. The van der Waals surface area contributed by atoms with E-state index in [1.807, 2.05) is 10.8 Å². The van der Waals surface area contributed by atoms with Crippen LogP contribution in [-0.2, 0) is 6.54 Å². The Morgan fingerprint density at radius 3 is 2.76 bits per heavy atom. The summed E-state index contributed by atoms with van der Waals surface area (Å²) in [6.45, 7) is 1.20. The lowest BCUT2D eigenvalue weighted by atomic mass is 10.3. The summed E-state index contributed by atoms with van der Waals surface area (Å²) in [7, 11) is 0. The number of nitrogens with zero attached hydrogens (tertiary/aromatic N) is 4. The summed E-state index contributed by atoms with van der Waals surface area (Å²) in [5.74, 6) is 0.149. The molecule has 0 aliphatic rings. The molecule has 0 atom stereocenters. The van der Waals surface area contributed by atoms with Crippen molar-refractivity contribution in [2.45, 2.75) is 13.0 Å². The molecule has 2 heterocycles. The Bertz CT molecular complexity index is 642. The van der Waals surface area contributed by atoms with Crippen molar-refractivity contribution < 1.29 is 14.8 Å². The number of hydrogen-bond donors (Lipinski definition) is 1.